The molecule has 0 aliphatic heterocycles. The fourth-order valence-corrected chi connectivity index (χ4v) is 1.91. The molecule has 0 spiro atoms. The van der Waals surface area contributed by atoms with Gasteiger partial charge in [-0.1, -0.05) is 12.1 Å². The standard InChI is InChI=1S/C14H21NO/c1-11(15-13-7-8-13)3-4-12-5-9-14(16-2)10-6-12/h5-6,9-11,13,15H,3-4,7-8H2,1-2H3. The fraction of sp³-hybridized carbons (Fsp3) is 0.571. The molecule has 1 aliphatic carbocycles. The van der Waals surface area contributed by atoms with Gasteiger partial charge in [0.2, 0.25) is 0 Å². The van der Waals surface area contributed by atoms with E-state index in [4.69, 9.17) is 4.74 Å². The van der Waals surface area contributed by atoms with Gasteiger partial charge in [0.25, 0.3) is 0 Å². The highest BCUT2D eigenvalue weighted by molar-refractivity contribution is 5.27. The molecule has 1 aromatic rings. The molecule has 0 heterocycles. The summed E-state index contributed by atoms with van der Waals surface area (Å²) in [6.45, 7) is 2.28. The third kappa shape index (κ3) is 3.53. The van der Waals surface area contributed by atoms with Gasteiger partial charge < -0.3 is 10.1 Å². The molecule has 1 N–H and O–H groups in total. The largest absolute Gasteiger partial charge is 0.497 e. The van der Waals surface area contributed by atoms with Crippen LogP contribution in [0.3, 0.4) is 0 Å². The lowest BCUT2D eigenvalue weighted by Crippen LogP contribution is -2.28. The van der Waals surface area contributed by atoms with E-state index in [9.17, 15) is 0 Å². The van der Waals surface area contributed by atoms with Crippen molar-refractivity contribution in [2.45, 2.75) is 44.7 Å². The Morgan fingerprint density at radius 1 is 1.31 bits per heavy atom. The van der Waals surface area contributed by atoms with Crippen LogP contribution >= 0.6 is 0 Å². The molecule has 1 fully saturated rings. The average Bonchev–Trinajstić information content (AvgIpc) is 3.11. The summed E-state index contributed by atoms with van der Waals surface area (Å²) in [5.41, 5.74) is 1.39. The molecular formula is C14H21NO. The number of aryl methyl sites for hydroxylation is 1. The van der Waals surface area contributed by atoms with Gasteiger partial charge >= 0.3 is 0 Å². The van der Waals surface area contributed by atoms with Crippen LogP contribution in [0.1, 0.15) is 31.7 Å². The molecule has 1 unspecified atom stereocenters. The Kier molecular flexibility index (Phi) is 3.83. The number of rotatable bonds is 6. The number of hydrogen-bond acceptors (Lipinski definition) is 2. The molecule has 1 saturated carbocycles. The van der Waals surface area contributed by atoms with Crippen LogP contribution in [0.2, 0.25) is 0 Å². The minimum Gasteiger partial charge on any atom is -0.497 e. The predicted molar refractivity (Wildman–Crippen MR) is 66.9 cm³/mol. The Morgan fingerprint density at radius 2 is 2.00 bits per heavy atom. The monoisotopic (exact) mass is 219 g/mol. The Hall–Kier alpha value is -1.02. The normalized spacial score (nSPS) is 17.1. The lowest BCUT2D eigenvalue weighted by atomic mass is 10.1. The van der Waals surface area contributed by atoms with Crippen LogP contribution in [0, 0.1) is 0 Å². The third-order valence-electron chi connectivity index (χ3n) is 3.12. The summed E-state index contributed by atoms with van der Waals surface area (Å²) in [5.74, 6) is 0.938. The van der Waals surface area contributed by atoms with Crippen molar-refractivity contribution in [3.05, 3.63) is 29.8 Å². The summed E-state index contributed by atoms with van der Waals surface area (Å²) in [6.07, 6.45) is 5.09. The molecule has 16 heavy (non-hydrogen) atoms. The van der Waals surface area contributed by atoms with Gasteiger partial charge in [-0.15, -0.1) is 0 Å². The van der Waals surface area contributed by atoms with Crippen molar-refractivity contribution >= 4 is 0 Å². The zero-order valence-electron chi connectivity index (χ0n) is 10.2. The molecular weight excluding hydrogens is 198 g/mol. The van der Waals surface area contributed by atoms with E-state index in [1.165, 1.54) is 24.8 Å². The molecule has 2 rings (SSSR count). The van der Waals surface area contributed by atoms with E-state index in [1.807, 2.05) is 12.1 Å². The molecule has 2 nitrogen and oxygen atoms in total. The third-order valence-corrected chi connectivity index (χ3v) is 3.12. The highest BCUT2D eigenvalue weighted by Gasteiger charge is 2.22. The first-order valence-electron chi connectivity index (χ1n) is 6.17. The van der Waals surface area contributed by atoms with Gasteiger partial charge in [-0.05, 0) is 50.3 Å². The van der Waals surface area contributed by atoms with Gasteiger partial charge in [0.1, 0.15) is 5.75 Å². The number of methoxy groups -OCH3 is 1. The van der Waals surface area contributed by atoms with Crippen molar-refractivity contribution in [3.63, 3.8) is 0 Å². The minimum atomic E-state index is 0.634. The zero-order valence-corrected chi connectivity index (χ0v) is 10.2. The van der Waals surface area contributed by atoms with Crippen molar-refractivity contribution in [1.82, 2.24) is 5.32 Å². The first kappa shape index (κ1) is 11.5. The number of nitrogens with one attached hydrogen (secondary N) is 1. The van der Waals surface area contributed by atoms with E-state index in [0.29, 0.717) is 6.04 Å². The van der Waals surface area contributed by atoms with Crippen LogP contribution in [-0.4, -0.2) is 19.2 Å². The van der Waals surface area contributed by atoms with E-state index < -0.39 is 0 Å². The van der Waals surface area contributed by atoms with Crippen LogP contribution in [0.15, 0.2) is 24.3 Å². The summed E-state index contributed by atoms with van der Waals surface area (Å²) >= 11 is 0. The summed E-state index contributed by atoms with van der Waals surface area (Å²) in [7, 11) is 1.70. The van der Waals surface area contributed by atoms with Crippen molar-refractivity contribution in [3.8, 4) is 5.75 Å². The molecule has 88 valence electrons. The van der Waals surface area contributed by atoms with E-state index in [1.54, 1.807) is 7.11 Å². The molecule has 0 bridgehead atoms. The Morgan fingerprint density at radius 3 is 2.56 bits per heavy atom. The van der Waals surface area contributed by atoms with Crippen LogP contribution < -0.4 is 10.1 Å². The number of benzene rings is 1. The molecule has 1 atom stereocenters. The summed E-state index contributed by atoms with van der Waals surface area (Å²) in [5, 5.41) is 3.62. The van der Waals surface area contributed by atoms with Crippen molar-refractivity contribution in [2.24, 2.45) is 0 Å². The molecule has 0 amide bonds. The zero-order chi connectivity index (χ0) is 11.4. The highest BCUT2D eigenvalue weighted by Crippen LogP contribution is 2.20. The van der Waals surface area contributed by atoms with Gasteiger partial charge in [-0.25, -0.2) is 0 Å². The number of ether oxygens (including phenoxy) is 1. The Bertz CT molecular complexity index is 316. The molecule has 0 radical (unpaired) electrons. The minimum absolute atomic E-state index is 0.634. The van der Waals surface area contributed by atoms with E-state index in [0.717, 1.165) is 18.2 Å². The fourth-order valence-electron chi connectivity index (χ4n) is 1.91. The summed E-state index contributed by atoms with van der Waals surface area (Å²) in [6, 6.07) is 9.83. The van der Waals surface area contributed by atoms with Gasteiger partial charge in [0.05, 0.1) is 7.11 Å². The quantitative estimate of drug-likeness (QED) is 0.794. The summed E-state index contributed by atoms with van der Waals surface area (Å²) < 4.78 is 5.14. The van der Waals surface area contributed by atoms with E-state index in [2.05, 4.69) is 24.4 Å². The topological polar surface area (TPSA) is 21.3 Å². The van der Waals surface area contributed by atoms with Crippen LogP contribution in [-0.2, 0) is 6.42 Å². The van der Waals surface area contributed by atoms with E-state index >= 15 is 0 Å². The lowest BCUT2D eigenvalue weighted by molar-refractivity contribution is 0.414. The maximum absolute atomic E-state index is 5.14. The van der Waals surface area contributed by atoms with Gasteiger partial charge in [0, 0.05) is 12.1 Å². The lowest BCUT2D eigenvalue weighted by Gasteiger charge is -2.12. The van der Waals surface area contributed by atoms with Crippen LogP contribution in [0.25, 0.3) is 0 Å². The Labute approximate surface area is 98.0 Å². The van der Waals surface area contributed by atoms with Crippen molar-refractivity contribution < 1.29 is 4.74 Å². The van der Waals surface area contributed by atoms with Gasteiger partial charge in [-0.2, -0.15) is 0 Å². The second-order valence-corrected chi connectivity index (χ2v) is 4.73. The number of hydrogen-bond donors (Lipinski definition) is 1. The molecule has 1 aliphatic rings. The first-order valence-corrected chi connectivity index (χ1v) is 6.17. The maximum atomic E-state index is 5.14. The SMILES string of the molecule is COc1ccc(CCC(C)NC2CC2)cc1. The highest BCUT2D eigenvalue weighted by atomic mass is 16.5. The smallest absolute Gasteiger partial charge is 0.118 e. The summed E-state index contributed by atoms with van der Waals surface area (Å²) in [4.78, 5) is 0. The second kappa shape index (κ2) is 5.35. The maximum Gasteiger partial charge on any atom is 0.118 e. The van der Waals surface area contributed by atoms with Crippen LogP contribution in [0.5, 0.6) is 5.75 Å². The van der Waals surface area contributed by atoms with Gasteiger partial charge in [-0.3, -0.25) is 0 Å². The van der Waals surface area contributed by atoms with Crippen LogP contribution in [0.4, 0.5) is 0 Å². The Balaban J connectivity index is 1.74. The van der Waals surface area contributed by atoms with Crippen molar-refractivity contribution in [1.29, 1.82) is 0 Å². The molecule has 2 heteroatoms. The molecule has 0 aromatic heterocycles. The van der Waals surface area contributed by atoms with Crippen molar-refractivity contribution in [2.75, 3.05) is 7.11 Å². The predicted octanol–water partition coefficient (Wildman–Crippen LogP) is 2.77. The molecule has 1 aromatic carbocycles. The average molecular weight is 219 g/mol. The first-order chi connectivity index (χ1) is 7.78. The van der Waals surface area contributed by atoms with Gasteiger partial charge in [0.15, 0.2) is 0 Å². The molecule has 0 saturated heterocycles. The van der Waals surface area contributed by atoms with E-state index in [-0.39, 0.29) is 0 Å². The second-order valence-electron chi connectivity index (χ2n) is 4.73.